The van der Waals surface area contributed by atoms with E-state index < -0.39 is 73.6 Å². The molecular formula is C17H24O11. The first kappa shape index (κ1) is 21.1. The van der Waals surface area contributed by atoms with Crippen molar-refractivity contribution in [3.8, 4) is 0 Å². The highest BCUT2D eigenvalue weighted by atomic mass is 16.8. The van der Waals surface area contributed by atoms with E-state index in [-0.39, 0.29) is 5.57 Å². The van der Waals surface area contributed by atoms with Crippen LogP contribution in [0.25, 0.3) is 0 Å². The summed E-state index contributed by atoms with van der Waals surface area (Å²) in [6.07, 6.45) is -4.99. The lowest BCUT2D eigenvalue weighted by Crippen LogP contribution is -2.61. The van der Waals surface area contributed by atoms with Crippen LogP contribution in [0.15, 0.2) is 24.0 Å². The van der Waals surface area contributed by atoms with Crippen LogP contribution < -0.4 is 0 Å². The zero-order chi connectivity index (χ0) is 20.6. The van der Waals surface area contributed by atoms with Gasteiger partial charge in [-0.05, 0) is 0 Å². The van der Waals surface area contributed by atoms with E-state index in [1.165, 1.54) is 19.3 Å². The van der Waals surface area contributed by atoms with Gasteiger partial charge in [0.25, 0.3) is 0 Å². The van der Waals surface area contributed by atoms with E-state index in [9.17, 15) is 35.4 Å². The smallest absolute Gasteiger partial charge is 0.337 e. The van der Waals surface area contributed by atoms with Crippen LogP contribution in [0, 0.1) is 11.8 Å². The predicted molar refractivity (Wildman–Crippen MR) is 88.0 cm³/mol. The van der Waals surface area contributed by atoms with E-state index in [1.54, 1.807) is 0 Å². The normalized spacial score (nSPS) is 45.2. The topological polar surface area (TPSA) is 175 Å². The summed E-state index contributed by atoms with van der Waals surface area (Å²) in [5.41, 5.74) is -1.70. The molecular weight excluding hydrogens is 380 g/mol. The van der Waals surface area contributed by atoms with Gasteiger partial charge in [-0.3, -0.25) is 0 Å². The Hall–Kier alpha value is -1.57. The molecule has 11 nitrogen and oxygen atoms in total. The summed E-state index contributed by atoms with van der Waals surface area (Å²) >= 11 is 0. The monoisotopic (exact) mass is 404 g/mol. The third-order valence-corrected chi connectivity index (χ3v) is 5.33. The van der Waals surface area contributed by atoms with E-state index in [4.69, 9.17) is 18.9 Å². The van der Waals surface area contributed by atoms with Crippen molar-refractivity contribution in [2.45, 2.75) is 42.6 Å². The zero-order valence-corrected chi connectivity index (χ0v) is 15.0. The van der Waals surface area contributed by atoms with E-state index >= 15 is 0 Å². The predicted octanol–water partition coefficient (Wildman–Crippen LogP) is -3.26. The fourth-order valence-corrected chi connectivity index (χ4v) is 3.71. The van der Waals surface area contributed by atoms with Crippen LogP contribution in [0.5, 0.6) is 0 Å². The molecule has 1 aliphatic carbocycles. The number of allylic oxidation sites excluding steroid dienone is 1. The Morgan fingerprint density at radius 2 is 1.89 bits per heavy atom. The second-order valence-electron chi connectivity index (χ2n) is 6.96. The molecule has 0 amide bonds. The number of aliphatic hydroxyl groups excluding tert-OH is 5. The van der Waals surface area contributed by atoms with Crippen molar-refractivity contribution in [3.63, 3.8) is 0 Å². The van der Waals surface area contributed by atoms with Gasteiger partial charge in [0, 0.05) is 5.92 Å². The molecule has 0 unspecified atom stereocenters. The number of hydrogen-bond acceptors (Lipinski definition) is 11. The van der Waals surface area contributed by atoms with E-state index in [0.29, 0.717) is 0 Å². The first-order valence-electron chi connectivity index (χ1n) is 8.69. The Labute approximate surface area is 160 Å². The average molecular weight is 404 g/mol. The third-order valence-electron chi connectivity index (χ3n) is 5.33. The SMILES string of the molecule is COC(=O)C1=CO[C@H](O[C@H]2O[C@@H](CO)[C@@H](O)[C@@H](O)[C@H]2O)[C@H]2[C@@H]1C=C[C@]2(O)CO. The van der Waals surface area contributed by atoms with E-state index in [2.05, 4.69) is 0 Å². The summed E-state index contributed by atoms with van der Waals surface area (Å²) in [6.45, 7) is -1.34. The van der Waals surface area contributed by atoms with Crippen LogP contribution in [0.4, 0.5) is 0 Å². The minimum absolute atomic E-state index is 0.0989. The standard InChI is InChI=1S/C17H24O11/c1-25-14(23)8-5-26-15(10-7(8)2-3-17(10,24)6-19)28-16-13(22)12(21)11(20)9(4-18)27-16/h2-3,5,7,9-13,15-16,18-22,24H,4,6H2,1H3/t7-,9+,10-,11-,12-,13-,15-,16-,17+/m1/s1. The van der Waals surface area contributed by atoms with Crippen molar-refractivity contribution in [2.75, 3.05) is 20.3 Å². The molecule has 2 aliphatic heterocycles. The summed E-state index contributed by atoms with van der Waals surface area (Å²) in [5.74, 6) is -2.40. The molecule has 158 valence electrons. The number of aliphatic hydroxyl groups is 6. The molecule has 0 spiro atoms. The molecule has 2 heterocycles. The summed E-state index contributed by atoms with van der Waals surface area (Å²) < 4.78 is 21.0. The van der Waals surface area contributed by atoms with Gasteiger partial charge in [0.15, 0.2) is 6.29 Å². The lowest BCUT2D eigenvalue weighted by molar-refractivity contribution is -0.346. The number of ether oxygens (including phenoxy) is 4. The number of hydrogen-bond donors (Lipinski definition) is 6. The largest absolute Gasteiger partial charge is 0.471 e. The fraction of sp³-hybridized carbons (Fsp3) is 0.706. The van der Waals surface area contributed by atoms with Gasteiger partial charge >= 0.3 is 5.97 Å². The molecule has 3 aliphatic rings. The minimum Gasteiger partial charge on any atom is -0.471 e. The Balaban J connectivity index is 1.85. The Morgan fingerprint density at radius 1 is 1.18 bits per heavy atom. The van der Waals surface area contributed by atoms with Crippen LogP contribution in [-0.4, -0.2) is 99.5 Å². The molecule has 6 N–H and O–H groups in total. The molecule has 0 bridgehead atoms. The molecule has 3 rings (SSSR count). The van der Waals surface area contributed by atoms with Gasteiger partial charge in [0.1, 0.15) is 30.0 Å². The van der Waals surface area contributed by atoms with Crippen molar-refractivity contribution in [2.24, 2.45) is 11.8 Å². The Morgan fingerprint density at radius 3 is 2.50 bits per heavy atom. The van der Waals surface area contributed by atoms with Crippen molar-refractivity contribution < 1.29 is 54.4 Å². The third kappa shape index (κ3) is 3.44. The summed E-state index contributed by atoms with van der Waals surface area (Å²) in [4.78, 5) is 12.0. The van der Waals surface area contributed by atoms with Gasteiger partial charge < -0.3 is 49.6 Å². The van der Waals surface area contributed by atoms with Gasteiger partial charge in [0.05, 0.1) is 38.1 Å². The second-order valence-corrected chi connectivity index (χ2v) is 6.96. The number of methoxy groups -OCH3 is 1. The quantitative estimate of drug-likeness (QED) is 0.200. The molecule has 0 radical (unpaired) electrons. The first-order valence-corrected chi connectivity index (χ1v) is 8.69. The molecule has 28 heavy (non-hydrogen) atoms. The van der Waals surface area contributed by atoms with Crippen molar-refractivity contribution >= 4 is 5.97 Å². The van der Waals surface area contributed by atoms with E-state index in [0.717, 1.165) is 6.26 Å². The van der Waals surface area contributed by atoms with Gasteiger partial charge in [-0.1, -0.05) is 12.2 Å². The molecule has 0 saturated carbocycles. The van der Waals surface area contributed by atoms with Crippen molar-refractivity contribution in [1.29, 1.82) is 0 Å². The highest BCUT2D eigenvalue weighted by Gasteiger charge is 2.55. The van der Waals surface area contributed by atoms with Gasteiger partial charge in [-0.25, -0.2) is 4.79 Å². The summed E-state index contributed by atoms with van der Waals surface area (Å²) in [6, 6.07) is 0. The van der Waals surface area contributed by atoms with Crippen molar-refractivity contribution in [1.82, 2.24) is 0 Å². The maximum atomic E-state index is 12.0. The van der Waals surface area contributed by atoms with Crippen molar-refractivity contribution in [3.05, 3.63) is 24.0 Å². The molecule has 1 saturated heterocycles. The zero-order valence-electron chi connectivity index (χ0n) is 15.0. The molecule has 0 aromatic rings. The van der Waals surface area contributed by atoms with Crippen LogP contribution in [0.2, 0.25) is 0 Å². The molecule has 0 aromatic carbocycles. The van der Waals surface area contributed by atoms with Gasteiger partial charge in [-0.2, -0.15) is 0 Å². The van der Waals surface area contributed by atoms with Crippen LogP contribution in [0.3, 0.4) is 0 Å². The van der Waals surface area contributed by atoms with Gasteiger partial charge in [0.2, 0.25) is 6.29 Å². The molecule has 9 atom stereocenters. The maximum Gasteiger partial charge on any atom is 0.337 e. The summed E-state index contributed by atoms with van der Waals surface area (Å²) in [7, 11) is 1.19. The van der Waals surface area contributed by atoms with Crippen LogP contribution in [-0.2, 0) is 23.7 Å². The maximum absolute atomic E-state index is 12.0. The highest BCUT2D eigenvalue weighted by Crippen LogP contribution is 2.45. The number of rotatable bonds is 5. The number of fused-ring (bicyclic) bond motifs is 1. The van der Waals surface area contributed by atoms with Crippen LogP contribution in [0.1, 0.15) is 0 Å². The van der Waals surface area contributed by atoms with E-state index in [1.807, 2.05) is 0 Å². The minimum atomic E-state index is -1.79. The number of carbonyl (C=O) groups is 1. The molecule has 0 aromatic heterocycles. The number of carbonyl (C=O) groups excluding carboxylic acids is 1. The Bertz CT molecular complexity index is 647. The Kier molecular flexibility index (Phi) is 6.08. The second kappa shape index (κ2) is 8.05. The van der Waals surface area contributed by atoms with Gasteiger partial charge in [-0.15, -0.1) is 0 Å². The lowest BCUT2D eigenvalue weighted by Gasteiger charge is -2.44. The molecule has 1 fully saturated rings. The molecule has 11 heteroatoms. The number of esters is 1. The summed E-state index contributed by atoms with van der Waals surface area (Å²) in [5, 5.41) is 59.5. The fourth-order valence-electron chi connectivity index (χ4n) is 3.71. The highest BCUT2D eigenvalue weighted by molar-refractivity contribution is 5.89. The first-order chi connectivity index (χ1) is 13.3. The average Bonchev–Trinajstić information content (AvgIpc) is 3.06. The van der Waals surface area contributed by atoms with Crippen LogP contribution >= 0.6 is 0 Å². The lowest BCUT2D eigenvalue weighted by atomic mass is 9.79.